The Morgan fingerprint density at radius 3 is 2.15 bits per heavy atom. The van der Waals surface area contributed by atoms with Gasteiger partial charge >= 0.3 is 10.2 Å². The van der Waals surface area contributed by atoms with Gasteiger partial charge < -0.3 is 10.2 Å². The summed E-state index contributed by atoms with van der Waals surface area (Å²) in [5, 5.41) is 2.63. The topological polar surface area (TPSA) is 90.0 Å². The number of nitrogens with zero attached hydrogens (tertiary/aromatic N) is 3. The molecule has 0 aromatic heterocycles. The van der Waals surface area contributed by atoms with E-state index in [9.17, 15) is 22.4 Å². The monoisotopic (exact) mass is 554 g/mol. The van der Waals surface area contributed by atoms with Crippen LogP contribution in [0.15, 0.2) is 72.8 Å². The van der Waals surface area contributed by atoms with Crippen LogP contribution in [-0.2, 0) is 32.8 Å². The standard InChI is InChI=1S/C29H35FN4O4S/c1-21-11-12-22(2)26(17-21)34(39(37,38)32(4)5)20-28(35)33(19-24-13-15-25(30)16-14-24)27(29(36)31-3)18-23-9-7-6-8-10-23/h6-17,27H,18-20H2,1-5H3,(H,31,36). The van der Waals surface area contributed by atoms with Crippen LogP contribution in [0.4, 0.5) is 10.1 Å². The normalized spacial score (nSPS) is 12.2. The van der Waals surface area contributed by atoms with E-state index in [4.69, 9.17) is 0 Å². The van der Waals surface area contributed by atoms with Crippen LogP contribution in [0.3, 0.4) is 0 Å². The molecule has 0 fully saturated rings. The van der Waals surface area contributed by atoms with Gasteiger partial charge in [-0.1, -0.05) is 54.6 Å². The maximum atomic E-state index is 14.1. The molecule has 8 nitrogen and oxygen atoms in total. The largest absolute Gasteiger partial charge is 0.357 e. The zero-order chi connectivity index (χ0) is 28.7. The number of aryl methyl sites for hydroxylation is 2. The molecular weight excluding hydrogens is 519 g/mol. The van der Waals surface area contributed by atoms with E-state index >= 15 is 0 Å². The summed E-state index contributed by atoms with van der Waals surface area (Å²) in [6, 6.07) is 19.3. The number of amides is 2. The van der Waals surface area contributed by atoms with Crippen LogP contribution in [0.2, 0.25) is 0 Å². The highest BCUT2D eigenvalue weighted by atomic mass is 32.2. The van der Waals surface area contributed by atoms with Gasteiger partial charge in [-0.15, -0.1) is 0 Å². The van der Waals surface area contributed by atoms with Crippen LogP contribution in [0.5, 0.6) is 0 Å². The van der Waals surface area contributed by atoms with Gasteiger partial charge in [0, 0.05) is 34.1 Å². The third-order valence-electron chi connectivity index (χ3n) is 6.44. The van der Waals surface area contributed by atoms with Crippen molar-refractivity contribution in [2.24, 2.45) is 0 Å². The average molecular weight is 555 g/mol. The van der Waals surface area contributed by atoms with Crippen molar-refractivity contribution in [3.05, 3.63) is 101 Å². The van der Waals surface area contributed by atoms with Crippen molar-refractivity contribution < 1.29 is 22.4 Å². The summed E-state index contributed by atoms with van der Waals surface area (Å²) >= 11 is 0. The minimum Gasteiger partial charge on any atom is -0.357 e. The zero-order valence-corrected chi connectivity index (χ0v) is 23.7. The van der Waals surface area contributed by atoms with E-state index in [0.717, 1.165) is 19.7 Å². The Balaban J connectivity index is 2.09. The van der Waals surface area contributed by atoms with Crippen molar-refractivity contribution in [1.82, 2.24) is 14.5 Å². The Hall–Kier alpha value is -3.76. The molecule has 2 amide bonds. The lowest BCUT2D eigenvalue weighted by molar-refractivity contribution is -0.139. The highest BCUT2D eigenvalue weighted by molar-refractivity contribution is 7.90. The molecule has 3 rings (SSSR count). The molecule has 10 heteroatoms. The highest BCUT2D eigenvalue weighted by Crippen LogP contribution is 2.26. The van der Waals surface area contributed by atoms with Gasteiger partial charge in [0.1, 0.15) is 18.4 Å². The Morgan fingerprint density at radius 1 is 0.923 bits per heavy atom. The molecule has 0 aliphatic rings. The summed E-state index contributed by atoms with van der Waals surface area (Å²) in [6.07, 6.45) is 0.206. The molecule has 3 aromatic carbocycles. The van der Waals surface area contributed by atoms with Crippen molar-refractivity contribution >= 4 is 27.7 Å². The first-order chi connectivity index (χ1) is 18.4. The van der Waals surface area contributed by atoms with Crippen LogP contribution in [0.25, 0.3) is 0 Å². The molecule has 0 heterocycles. The first kappa shape index (κ1) is 29.8. The van der Waals surface area contributed by atoms with E-state index in [1.54, 1.807) is 19.1 Å². The van der Waals surface area contributed by atoms with Gasteiger partial charge in [0.05, 0.1) is 5.69 Å². The summed E-state index contributed by atoms with van der Waals surface area (Å²) in [5.41, 5.74) is 3.31. The summed E-state index contributed by atoms with van der Waals surface area (Å²) in [4.78, 5) is 28.6. The van der Waals surface area contributed by atoms with Gasteiger partial charge in [0.15, 0.2) is 0 Å². The molecule has 1 N–H and O–H groups in total. The van der Waals surface area contributed by atoms with Crippen molar-refractivity contribution in [2.45, 2.75) is 32.9 Å². The molecule has 208 valence electrons. The third-order valence-corrected chi connectivity index (χ3v) is 8.24. The lowest BCUT2D eigenvalue weighted by atomic mass is 10.0. The average Bonchev–Trinajstić information content (AvgIpc) is 2.91. The number of likely N-dealkylation sites (N-methyl/N-ethyl adjacent to an activating group) is 1. The minimum atomic E-state index is -4.08. The van der Waals surface area contributed by atoms with E-state index in [0.29, 0.717) is 16.8 Å². The van der Waals surface area contributed by atoms with E-state index in [1.807, 2.05) is 43.3 Å². The summed E-state index contributed by atoms with van der Waals surface area (Å²) in [6.45, 7) is 3.06. The third kappa shape index (κ3) is 7.42. The van der Waals surface area contributed by atoms with Crippen LogP contribution in [0.1, 0.15) is 22.3 Å². The second-order valence-corrected chi connectivity index (χ2v) is 11.6. The predicted molar refractivity (Wildman–Crippen MR) is 151 cm³/mol. The number of nitrogens with one attached hydrogen (secondary N) is 1. The zero-order valence-electron chi connectivity index (χ0n) is 22.9. The fraction of sp³-hybridized carbons (Fsp3) is 0.310. The number of carbonyl (C=O) groups excluding carboxylic acids is 2. The Morgan fingerprint density at radius 2 is 1.56 bits per heavy atom. The Bertz CT molecular complexity index is 1400. The number of benzene rings is 3. The van der Waals surface area contributed by atoms with Gasteiger partial charge in [0.25, 0.3) is 0 Å². The van der Waals surface area contributed by atoms with E-state index in [2.05, 4.69) is 5.32 Å². The lowest BCUT2D eigenvalue weighted by Crippen LogP contribution is -2.54. The molecule has 0 aliphatic heterocycles. The number of halogens is 1. The van der Waals surface area contributed by atoms with Crippen LogP contribution < -0.4 is 9.62 Å². The van der Waals surface area contributed by atoms with Crippen molar-refractivity contribution in [2.75, 3.05) is 32.0 Å². The molecule has 1 unspecified atom stereocenters. The van der Waals surface area contributed by atoms with Crippen molar-refractivity contribution in [3.8, 4) is 0 Å². The summed E-state index contributed by atoms with van der Waals surface area (Å²) < 4.78 is 42.7. The van der Waals surface area contributed by atoms with Gasteiger partial charge in [-0.2, -0.15) is 12.7 Å². The molecule has 0 saturated heterocycles. The number of anilines is 1. The van der Waals surface area contributed by atoms with Gasteiger partial charge in [-0.25, -0.2) is 8.70 Å². The van der Waals surface area contributed by atoms with Crippen LogP contribution in [0, 0.1) is 19.7 Å². The van der Waals surface area contributed by atoms with Crippen LogP contribution in [-0.4, -0.2) is 63.2 Å². The molecule has 3 aromatic rings. The lowest BCUT2D eigenvalue weighted by Gasteiger charge is -2.34. The quantitative estimate of drug-likeness (QED) is 0.393. The molecule has 1 atom stereocenters. The maximum Gasteiger partial charge on any atom is 0.304 e. The molecule has 0 saturated carbocycles. The van der Waals surface area contributed by atoms with Gasteiger partial charge in [-0.05, 0) is 54.3 Å². The van der Waals surface area contributed by atoms with E-state index in [-0.39, 0.29) is 13.0 Å². The highest BCUT2D eigenvalue weighted by Gasteiger charge is 2.34. The predicted octanol–water partition coefficient (Wildman–Crippen LogP) is 3.44. The second-order valence-electron chi connectivity index (χ2n) is 9.55. The smallest absolute Gasteiger partial charge is 0.304 e. The Labute approximate surface area is 230 Å². The van der Waals surface area contributed by atoms with E-state index < -0.39 is 40.4 Å². The molecule has 0 aliphatic carbocycles. The van der Waals surface area contributed by atoms with Crippen LogP contribution >= 0.6 is 0 Å². The summed E-state index contributed by atoms with van der Waals surface area (Å²) in [5.74, 6) is -1.40. The number of hydrogen-bond donors (Lipinski definition) is 1. The Kier molecular flexibility index (Phi) is 9.82. The van der Waals surface area contributed by atoms with Gasteiger partial charge in [0.2, 0.25) is 11.8 Å². The fourth-order valence-corrected chi connectivity index (χ4v) is 5.31. The van der Waals surface area contributed by atoms with E-state index in [1.165, 1.54) is 50.3 Å². The number of rotatable bonds is 11. The molecular formula is C29H35FN4O4S. The first-order valence-electron chi connectivity index (χ1n) is 12.5. The maximum absolute atomic E-state index is 14.1. The number of hydrogen-bond acceptors (Lipinski definition) is 4. The molecule has 0 radical (unpaired) electrons. The molecule has 39 heavy (non-hydrogen) atoms. The molecule has 0 spiro atoms. The summed E-state index contributed by atoms with van der Waals surface area (Å²) in [7, 11) is 0.206. The fourth-order valence-electron chi connectivity index (χ4n) is 4.20. The second kappa shape index (κ2) is 12.9. The number of carbonyl (C=O) groups is 2. The SMILES string of the molecule is CNC(=O)C(Cc1ccccc1)N(Cc1ccc(F)cc1)C(=O)CN(c1cc(C)ccc1C)S(=O)(=O)N(C)C. The van der Waals surface area contributed by atoms with Crippen molar-refractivity contribution in [3.63, 3.8) is 0 Å². The minimum absolute atomic E-state index is 0.0211. The van der Waals surface area contributed by atoms with Gasteiger partial charge in [-0.3, -0.25) is 9.59 Å². The van der Waals surface area contributed by atoms with Crippen molar-refractivity contribution in [1.29, 1.82) is 0 Å². The first-order valence-corrected chi connectivity index (χ1v) is 13.9. The molecule has 0 bridgehead atoms.